The number of hydrogen-bond donors (Lipinski definition) is 1. The molecule has 1 aromatic heterocycles. The number of carbonyl (C=O) groups excluding carboxylic acids is 1. The van der Waals surface area contributed by atoms with Gasteiger partial charge >= 0.3 is 0 Å². The topological polar surface area (TPSA) is 74.6 Å². The molecular weight excluding hydrogens is 317 g/mol. The van der Waals surface area contributed by atoms with Crippen molar-refractivity contribution in [2.24, 2.45) is 7.05 Å². The molecule has 128 valence electrons. The van der Waals surface area contributed by atoms with E-state index in [2.05, 4.69) is 10.4 Å². The highest BCUT2D eigenvalue weighted by Gasteiger charge is 2.32. The Hall–Kier alpha value is -2.61. The largest absolute Gasteiger partial charge is 0.494 e. The van der Waals surface area contributed by atoms with Crippen molar-refractivity contribution >= 4 is 5.91 Å². The lowest BCUT2D eigenvalue weighted by molar-refractivity contribution is 0.0899. The van der Waals surface area contributed by atoms with Gasteiger partial charge in [-0.05, 0) is 12.1 Å². The summed E-state index contributed by atoms with van der Waals surface area (Å²) in [4.78, 5) is 12.4. The zero-order chi connectivity index (χ0) is 17.1. The van der Waals surface area contributed by atoms with Crippen LogP contribution in [-0.4, -0.2) is 48.2 Å². The number of methoxy groups -OCH3 is 1. The highest BCUT2D eigenvalue weighted by Crippen LogP contribution is 2.21. The van der Waals surface area contributed by atoms with Crippen LogP contribution in [0.15, 0.2) is 30.6 Å². The highest BCUT2D eigenvalue weighted by molar-refractivity contribution is 5.95. The molecule has 24 heavy (non-hydrogen) atoms. The minimum atomic E-state index is -0.693. The van der Waals surface area contributed by atoms with Crippen molar-refractivity contribution in [3.8, 4) is 11.5 Å². The van der Waals surface area contributed by atoms with E-state index in [0.29, 0.717) is 19.0 Å². The normalized spacial score (nSPS) is 20.0. The lowest BCUT2D eigenvalue weighted by Gasteiger charge is -2.20. The fraction of sp³-hybridized carbons (Fsp3) is 0.375. The van der Waals surface area contributed by atoms with E-state index in [1.807, 2.05) is 0 Å². The molecule has 0 spiro atoms. The number of benzene rings is 1. The molecule has 2 aromatic rings. The third kappa shape index (κ3) is 3.33. The molecule has 0 aliphatic carbocycles. The Balaban J connectivity index is 1.69. The molecule has 1 aliphatic heterocycles. The second-order valence-corrected chi connectivity index (χ2v) is 5.45. The molecule has 1 fully saturated rings. The summed E-state index contributed by atoms with van der Waals surface area (Å²) in [6, 6.07) is 4.04. The number of carbonyl (C=O) groups is 1. The maximum Gasteiger partial charge on any atom is 0.254 e. The second kappa shape index (κ2) is 6.88. The number of hydrogen-bond acceptors (Lipinski definition) is 5. The van der Waals surface area contributed by atoms with Crippen molar-refractivity contribution < 1.29 is 23.4 Å². The number of rotatable bonds is 5. The van der Waals surface area contributed by atoms with Crippen molar-refractivity contribution in [2.45, 2.75) is 12.1 Å². The van der Waals surface area contributed by atoms with Gasteiger partial charge in [0.05, 0.1) is 44.3 Å². The summed E-state index contributed by atoms with van der Waals surface area (Å²) in [5.74, 6) is -0.629. The molecule has 0 unspecified atom stereocenters. The zero-order valence-corrected chi connectivity index (χ0v) is 13.4. The third-order valence-electron chi connectivity index (χ3n) is 3.74. The first kappa shape index (κ1) is 16.3. The lowest BCUT2D eigenvalue weighted by Crippen LogP contribution is -2.45. The Bertz CT molecular complexity index is 734. The van der Waals surface area contributed by atoms with E-state index in [0.717, 1.165) is 0 Å². The highest BCUT2D eigenvalue weighted by atomic mass is 19.1. The summed E-state index contributed by atoms with van der Waals surface area (Å²) in [5.41, 5.74) is -0.0821. The Morgan fingerprint density at radius 2 is 2.29 bits per heavy atom. The number of aryl methyl sites for hydroxylation is 1. The van der Waals surface area contributed by atoms with E-state index < -0.39 is 11.7 Å². The van der Waals surface area contributed by atoms with Gasteiger partial charge in [-0.15, -0.1) is 0 Å². The molecule has 0 bridgehead atoms. The first-order valence-electron chi connectivity index (χ1n) is 7.45. The van der Waals surface area contributed by atoms with E-state index in [9.17, 15) is 9.18 Å². The minimum absolute atomic E-state index is 0.0217. The van der Waals surface area contributed by atoms with Crippen molar-refractivity contribution in [2.75, 3.05) is 20.3 Å². The molecule has 1 N–H and O–H groups in total. The number of nitrogens with one attached hydrogen (secondary N) is 1. The Morgan fingerprint density at radius 3 is 3.00 bits per heavy atom. The van der Waals surface area contributed by atoms with Crippen LogP contribution >= 0.6 is 0 Å². The monoisotopic (exact) mass is 335 g/mol. The van der Waals surface area contributed by atoms with Crippen LogP contribution in [0.25, 0.3) is 0 Å². The molecule has 2 atom stereocenters. The van der Waals surface area contributed by atoms with E-state index in [1.54, 1.807) is 30.2 Å². The molecular formula is C16H18FN3O4. The number of aromatic nitrogens is 2. The molecule has 8 heteroatoms. The number of amides is 1. The predicted octanol–water partition coefficient (Wildman–Crippen LogP) is 1.14. The summed E-state index contributed by atoms with van der Waals surface area (Å²) in [5, 5.41) is 6.78. The summed E-state index contributed by atoms with van der Waals surface area (Å²) in [7, 11) is 3.13. The third-order valence-corrected chi connectivity index (χ3v) is 3.74. The smallest absolute Gasteiger partial charge is 0.254 e. The minimum Gasteiger partial charge on any atom is -0.494 e. The van der Waals surface area contributed by atoms with Crippen LogP contribution in [0.3, 0.4) is 0 Å². The molecule has 1 aliphatic rings. The maximum absolute atomic E-state index is 14.2. The van der Waals surface area contributed by atoms with E-state index in [4.69, 9.17) is 14.2 Å². The van der Waals surface area contributed by atoms with E-state index in [1.165, 1.54) is 19.2 Å². The molecule has 0 saturated carbocycles. The summed E-state index contributed by atoms with van der Waals surface area (Å²) in [6.45, 7) is 0.628. The van der Waals surface area contributed by atoms with Gasteiger partial charge in [0.15, 0.2) is 17.3 Å². The van der Waals surface area contributed by atoms with Gasteiger partial charge in [-0.25, -0.2) is 4.39 Å². The Morgan fingerprint density at radius 1 is 1.46 bits per heavy atom. The zero-order valence-electron chi connectivity index (χ0n) is 13.4. The molecule has 2 heterocycles. The molecule has 1 saturated heterocycles. The van der Waals surface area contributed by atoms with Gasteiger partial charge in [0.25, 0.3) is 5.91 Å². The molecule has 1 amide bonds. The molecule has 3 rings (SSSR count). The van der Waals surface area contributed by atoms with Crippen molar-refractivity contribution in [1.29, 1.82) is 0 Å². The van der Waals surface area contributed by atoms with Crippen molar-refractivity contribution in [3.63, 3.8) is 0 Å². The summed E-state index contributed by atoms with van der Waals surface area (Å²) >= 11 is 0. The van der Waals surface area contributed by atoms with Gasteiger partial charge in [-0.3, -0.25) is 9.48 Å². The van der Waals surface area contributed by atoms with Crippen LogP contribution in [0.5, 0.6) is 11.5 Å². The van der Waals surface area contributed by atoms with Crippen molar-refractivity contribution in [3.05, 3.63) is 42.0 Å². The first-order valence-corrected chi connectivity index (χ1v) is 7.45. The van der Waals surface area contributed by atoms with Crippen LogP contribution < -0.4 is 14.8 Å². The van der Waals surface area contributed by atoms with Crippen LogP contribution in [-0.2, 0) is 11.8 Å². The molecule has 0 radical (unpaired) electrons. The summed E-state index contributed by atoms with van der Waals surface area (Å²) in [6.07, 6.45) is 2.93. The van der Waals surface area contributed by atoms with Gasteiger partial charge < -0.3 is 19.5 Å². The second-order valence-electron chi connectivity index (χ2n) is 5.45. The lowest BCUT2D eigenvalue weighted by atomic mass is 10.1. The predicted molar refractivity (Wildman–Crippen MR) is 82.6 cm³/mol. The quantitative estimate of drug-likeness (QED) is 0.887. The van der Waals surface area contributed by atoms with Gasteiger partial charge in [0.2, 0.25) is 0 Å². The van der Waals surface area contributed by atoms with Crippen LogP contribution in [0.2, 0.25) is 0 Å². The fourth-order valence-electron chi connectivity index (χ4n) is 2.51. The fourth-order valence-corrected chi connectivity index (χ4v) is 2.51. The van der Waals surface area contributed by atoms with Gasteiger partial charge in [-0.1, -0.05) is 6.07 Å². The SMILES string of the molecule is COc1cccc(C(=O)N[C@H]2COC[C@H]2Oc2cnn(C)c2)c1F. The van der Waals surface area contributed by atoms with Gasteiger partial charge in [-0.2, -0.15) is 5.10 Å². The van der Waals surface area contributed by atoms with E-state index in [-0.39, 0.29) is 23.5 Å². The van der Waals surface area contributed by atoms with Crippen LogP contribution in [0, 0.1) is 5.82 Å². The number of halogens is 1. The maximum atomic E-state index is 14.2. The standard InChI is InChI=1S/C16H18FN3O4/c1-20-7-10(6-18-20)24-14-9-23-8-12(14)19-16(21)11-4-3-5-13(22-2)15(11)17/h3-7,12,14H,8-9H2,1-2H3,(H,19,21)/t12-,14+/m0/s1. The van der Waals surface area contributed by atoms with E-state index >= 15 is 0 Å². The average Bonchev–Trinajstić information content (AvgIpc) is 3.17. The Kier molecular flexibility index (Phi) is 4.66. The summed E-state index contributed by atoms with van der Waals surface area (Å²) < 4.78 is 31.8. The average molecular weight is 335 g/mol. The number of ether oxygens (including phenoxy) is 3. The number of nitrogens with zero attached hydrogens (tertiary/aromatic N) is 2. The van der Waals surface area contributed by atoms with Gasteiger partial charge in [0.1, 0.15) is 6.10 Å². The van der Waals surface area contributed by atoms with Crippen molar-refractivity contribution in [1.82, 2.24) is 15.1 Å². The van der Waals surface area contributed by atoms with Crippen LogP contribution in [0.4, 0.5) is 4.39 Å². The first-order chi connectivity index (χ1) is 11.6. The Labute approximate surface area is 138 Å². The van der Waals surface area contributed by atoms with Gasteiger partial charge in [0, 0.05) is 7.05 Å². The molecule has 7 nitrogen and oxygen atoms in total. The molecule has 1 aromatic carbocycles. The van der Waals surface area contributed by atoms with Crippen LogP contribution in [0.1, 0.15) is 10.4 Å².